The van der Waals surface area contributed by atoms with Crippen molar-refractivity contribution < 1.29 is 19.4 Å². The van der Waals surface area contributed by atoms with Crippen molar-refractivity contribution in [2.75, 3.05) is 52.5 Å². The van der Waals surface area contributed by atoms with Crippen LogP contribution in [0.15, 0.2) is 18.2 Å². The van der Waals surface area contributed by atoms with Gasteiger partial charge in [-0.2, -0.15) is 0 Å². The van der Waals surface area contributed by atoms with Gasteiger partial charge in [-0.3, -0.25) is 4.79 Å². The van der Waals surface area contributed by atoms with Crippen LogP contribution in [0.5, 0.6) is 5.75 Å². The first-order valence-electron chi connectivity index (χ1n) is 9.45. The highest BCUT2D eigenvalue weighted by Crippen LogP contribution is 2.19. The van der Waals surface area contributed by atoms with E-state index in [0.717, 1.165) is 18.7 Å². The molecule has 26 heavy (non-hydrogen) atoms. The number of β-amino-alcohol motifs (C(OH)–C–C–N with tert-alkyl or cyclic N) is 1. The van der Waals surface area contributed by atoms with Crippen molar-refractivity contribution in [2.45, 2.75) is 32.3 Å². The van der Waals surface area contributed by atoms with Crippen LogP contribution in [0, 0.1) is 13.8 Å². The molecular formula is C20H30N2O4. The van der Waals surface area contributed by atoms with Gasteiger partial charge in [0.25, 0.3) is 5.91 Å². The number of carbonyl (C=O) groups excluding carboxylic acids is 1. The Balaban J connectivity index is 1.57. The molecule has 2 saturated heterocycles. The lowest BCUT2D eigenvalue weighted by atomic mass is 10.0. The van der Waals surface area contributed by atoms with Crippen molar-refractivity contribution in [1.29, 1.82) is 0 Å². The Labute approximate surface area is 155 Å². The van der Waals surface area contributed by atoms with Crippen LogP contribution >= 0.6 is 0 Å². The van der Waals surface area contributed by atoms with E-state index in [1.54, 1.807) is 4.90 Å². The molecule has 1 amide bonds. The molecule has 2 fully saturated rings. The van der Waals surface area contributed by atoms with E-state index in [9.17, 15) is 9.90 Å². The molecule has 2 heterocycles. The Bertz CT molecular complexity index is 630. The van der Waals surface area contributed by atoms with E-state index < -0.39 is 5.60 Å². The zero-order valence-corrected chi connectivity index (χ0v) is 15.9. The van der Waals surface area contributed by atoms with Gasteiger partial charge in [-0.1, -0.05) is 6.07 Å². The van der Waals surface area contributed by atoms with Crippen molar-refractivity contribution in [2.24, 2.45) is 0 Å². The standard InChI is InChI=1S/C20H30N2O4/c1-16-5-6-18(11-17(16)2)26-12-19(23)22-9-10-25-15-20(24,14-22)13-21-7-3-4-8-21/h5-6,11,24H,3-4,7-10,12-15H2,1-2H3. The number of nitrogens with zero attached hydrogens (tertiary/aromatic N) is 2. The number of rotatable bonds is 5. The molecule has 0 aromatic heterocycles. The summed E-state index contributed by atoms with van der Waals surface area (Å²) in [5, 5.41) is 11.0. The van der Waals surface area contributed by atoms with E-state index >= 15 is 0 Å². The molecule has 1 N–H and O–H groups in total. The molecule has 0 aliphatic carbocycles. The number of aryl methyl sites for hydroxylation is 2. The minimum absolute atomic E-state index is 0.0255. The van der Waals surface area contributed by atoms with E-state index in [-0.39, 0.29) is 19.1 Å². The lowest BCUT2D eigenvalue weighted by Crippen LogP contribution is -2.53. The second-order valence-electron chi connectivity index (χ2n) is 7.61. The largest absolute Gasteiger partial charge is 0.484 e. The third-order valence-electron chi connectivity index (χ3n) is 5.27. The fraction of sp³-hybridized carbons (Fsp3) is 0.650. The number of carbonyl (C=O) groups is 1. The van der Waals surface area contributed by atoms with Crippen molar-refractivity contribution in [3.63, 3.8) is 0 Å². The van der Waals surface area contributed by atoms with Crippen LogP contribution in [0.4, 0.5) is 0 Å². The summed E-state index contributed by atoms with van der Waals surface area (Å²) in [6, 6.07) is 5.81. The van der Waals surface area contributed by atoms with E-state index in [4.69, 9.17) is 9.47 Å². The van der Waals surface area contributed by atoms with Crippen LogP contribution in [-0.4, -0.2) is 79.0 Å². The molecule has 144 valence electrons. The van der Waals surface area contributed by atoms with E-state index in [1.165, 1.54) is 18.4 Å². The zero-order chi connectivity index (χ0) is 18.6. The third-order valence-corrected chi connectivity index (χ3v) is 5.27. The first kappa shape index (κ1) is 19.1. The van der Waals surface area contributed by atoms with Crippen molar-refractivity contribution in [3.8, 4) is 5.75 Å². The quantitative estimate of drug-likeness (QED) is 0.857. The molecule has 6 heteroatoms. The molecule has 1 aromatic carbocycles. The number of amides is 1. The Morgan fingerprint density at radius 2 is 2.00 bits per heavy atom. The van der Waals surface area contributed by atoms with E-state index in [2.05, 4.69) is 4.90 Å². The van der Waals surface area contributed by atoms with Gasteiger partial charge >= 0.3 is 0 Å². The molecule has 1 atom stereocenters. The maximum Gasteiger partial charge on any atom is 0.260 e. The molecule has 3 rings (SSSR count). The van der Waals surface area contributed by atoms with Crippen LogP contribution in [0.1, 0.15) is 24.0 Å². The Morgan fingerprint density at radius 3 is 2.73 bits per heavy atom. The monoisotopic (exact) mass is 362 g/mol. The van der Waals surface area contributed by atoms with Gasteiger partial charge in [0.15, 0.2) is 6.61 Å². The van der Waals surface area contributed by atoms with Gasteiger partial charge in [0.1, 0.15) is 11.4 Å². The normalized spacial score (nSPS) is 24.5. The summed E-state index contributed by atoms with van der Waals surface area (Å²) < 4.78 is 11.3. The molecular weight excluding hydrogens is 332 g/mol. The number of ether oxygens (including phenoxy) is 2. The summed E-state index contributed by atoms with van der Waals surface area (Å²) in [5.41, 5.74) is 1.31. The second-order valence-corrected chi connectivity index (χ2v) is 7.61. The van der Waals surface area contributed by atoms with Gasteiger partial charge in [-0.15, -0.1) is 0 Å². The SMILES string of the molecule is Cc1ccc(OCC(=O)N2CCOCC(O)(CN3CCCC3)C2)cc1C. The molecule has 2 aliphatic rings. The van der Waals surface area contributed by atoms with Crippen LogP contribution in [-0.2, 0) is 9.53 Å². The number of aliphatic hydroxyl groups is 1. The smallest absolute Gasteiger partial charge is 0.260 e. The van der Waals surface area contributed by atoms with Crippen LogP contribution in [0.2, 0.25) is 0 Å². The average molecular weight is 362 g/mol. The summed E-state index contributed by atoms with van der Waals surface area (Å²) in [4.78, 5) is 16.5. The maximum absolute atomic E-state index is 12.6. The number of hydrogen-bond donors (Lipinski definition) is 1. The highest BCUT2D eigenvalue weighted by molar-refractivity contribution is 5.78. The van der Waals surface area contributed by atoms with Gasteiger partial charge in [0.2, 0.25) is 0 Å². The van der Waals surface area contributed by atoms with Crippen LogP contribution in [0.25, 0.3) is 0 Å². The number of likely N-dealkylation sites (tertiary alicyclic amines) is 1. The van der Waals surface area contributed by atoms with Crippen molar-refractivity contribution in [3.05, 3.63) is 29.3 Å². The predicted octanol–water partition coefficient (Wildman–Crippen LogP) is 1.37. The molecule has 2 aliphatic heterocycles. The van der Waals surface area contributed by atoms with Gasteiger partial charge in [-0.05, 0) is 63.0 Å². The summed E-state index contributed by atoms with van der Waals surface area (Å²) in [6.07, 6.45) is 2.34. The third kappa shape index (κ3) is 4.96. The summed E-state index contributed by atoms with van der Waals surface area (Å²) in [7, 11) is 0. The lowest BCUT2D eigenvalue weighted by molar-refractivity contribution is -0.136. The van der Waals surface area contributed by atoms with Crippen molar-refractivity contribution in [1.82, 2.24) is 9.80 Å². The molecule has 0 radical (unpaired) electrons. The highest BCUT2D eigenvalue weighted by atomic mass is 16.5. The van der Waals surface area contributed by atoms with Gasteiger partial charge in [-0.25, -0.2) is 0 Å². The van der Waals surface area contributed by atoms with Gasteiger partial charge < -0.3 is 24.4 Å². The first-order valence-corrected chi connectivity index (χ1v) is 9.45. The fourth-order valence-corrected chi connectivity index (χ4v) is 3.62. The molecule has 0 bridgehead atoms. The van der Waals surface area contributed by atoms with Gasteiger partial charge in [0.05, 0.1) is 19.8 Å². The predicted molar refractivity (Wildman–Crippen MR) is 99.4 cm³/mol. The van der Waals surface area contributed by atoms with Crippen LogP contribution < -0.4 is 4.74 Å². The molecule has 1 aromatic rings. The summed E-state index contributed by atoms with van der Waals surface area (Å²) in [6.45, 7) is 8.09. The Hall–Kier alpha value is -1.63. The summed E-state index contributed by atoms with van der Waals surface area (Å²) >= 11 is 0. The van der Waals surface area contributed by atoms with Gasteiger partial charge in [0, 0.05) is 13.1 Å². The second kappa shape index (κ2) is 8.37. The Kier molecular flexibility index (Phi) is 6.16. The fourth-order valence-electron chi connectivity index (χ4n) is 3.62. The highest BCUT2D eigenvalue weighted by Gasteiger charge is 2.36. The minimum Gasteiger partial charge on any atom is -0.484 e. The number of benzene rings is 1. The molecule has 0 saturated carbocycles. The Morgan fingerprint density at radius 1 is 1.23 bits per heavy atom. The molecule has 6 nitrogen and oxygen atoms in total. The topological polar surface area (TPSA) is 62.2 Å². The lowest BCUT2D eigenvalue weighted by Gasteiger charge is -2.34. The average Bonchev–Trinajstić information content (AvgIpc) is 3.03. The first-order chi connectivity index (χ1) is 12.5. The zero-order valence-electron chi connectivity index (χ0n) is 15.9. The molecule has 0 spiro atoms. The van der Waals surface area contributed by atoms with Crippen LogP contribution in [0.3, 0.4) is 0 Å². The number of hydrogen-bond acceptors (Lipinski definition) is 5. The minimum atomic E-state index is -1.02. The van der Waals surface area contributed by atoms with Crippen molar-refractivity contribution >= 4 is 5.91 Å². The van der Waals surface area contributed by atoms with E-state index in [1.807, 2.05) is 32.0 Å². The molecule has 1 unspecified atom stereocenters. The maximum atomic E-state index is 12.6. The van der Waals surface area contributed by atoms with E-state index in [0.29, 0.717) is 32.0 Å². The summed E-state index contributed by atoms with van der Waals surface area (Å²) in [5.74, 6) is 0.577.